The molecule has 2 aromatic carbocycles. The van der Waals surface area contributed by atoms with Crippen LogP contribution in [0.1, 0.15) is 70.2 Å². The fourth-order valence-corrected chi connectivity index (χ4v) is 9.53. The summed E-state index contributed by atoms with van der Waals surface area (Å²) < 4.78 is 60.4. The Balaban J connectivity index is 1.22. The van der Waals surface area contributed by atoms with Crippen molar-refractivity contribution >= 4 is 50.4 Å². The maximum Gasteiger partial charge on any atom is 0.410 e. The second-order valence-corrected chi connectivity index (χ2v) is 31.0. The van der Waals surface area contributed by atoms with E-state index in [0.29, 0.717) is 79.3 Å². The number of aromatic nitrogens is 4. The zero-order valence-electron chi connectivity index (χ0n) is 36.9. The lowest BCUT2D eigenvalue weighted by atomic mass is 10.1. The number of likely N-dealkylation sites (tertiary alicyclic amines) is 2. The minimum atomic E-state index is -1.38. The number of rotatable bonds is 14. The van der Waals surface area contributed by atoms with E-state index in [2.05, 4.69) is 39.3 Å². The number of carbonyl (C=O) groups excluding carboxylic acids is 1. The number of ether oxygens (including phenoxy) is 3. The van der Waals surface area contributed by atoms with E-state index in [1.807, 2.05) is 25.3 Å². The second-order valence-electron chi connectivity index (χ2n) is 19.8. The molecule has 13 nitrogen and oxygen atoms in total. The van der Waals surface area contributed by atoms with Crippen molar-refractivity contribution < 1.29 is 42.1 Å². The average Bonchev–Trinajstić information content (AvgIpc) is 3.99. The zero-order valence-corrected chi connectivity index (χ0v) is 38.9. The molecule has 17 heteroatoms. The first-order valence-electron chi connectivity index (χ1n) is 21.3. The van der Waals surface area contributed by atoms with Gasteiger partial charge < -0.3 is 32.9 Å². The minimum absolute atomic E-state index is 0.105. The molecule has 0 bridgehead atoms. The van der Waals surface area contributed by atoms with Crippen molar-refractivity contribution in [3.8, 4) is 22.6 Å². The van der Waals surface area contributed by atoms with Gasteiger partial charge in [-0.1, -0.05) is 39.3 Å². The van der Waals surface area contributed by atoms with E-state index in [9.17, 15) is 14.7 Å². The summed E-state index contributed by atoms with van der Waals surface area (Å²) in [5.41, 5.74) is 1.54. The quantitative estimate of drug-likeness (QED) is 0.0853. The van der Waals surface area contributed by atoms with Gasteiger partial charge in [0.2, 0.25) is 0 Å². The summed E-state index contributed by atoms with van der Waals surface area (Å²) >= 11 is 0. The molecule has 2 saturated heterocycles. The van der Waals surface area contributed by atoms with Gasteiger partial charge in [-0.05, 0) is 82.8 Å². The van der Waals surface area contributed by atoms with Crippen LogP contribution in [0.3, 0.4) is 0 Å². The number of furan rings is 1. The van der Waals surface area contributed by atoms with Crippen LogP contribution in [0.5, 0.6) is 0 Å². The molecule has 2 aliphatic rings. The van der Waals surface area contributed by atoms with Crippen molar-refractivity contribution in [2.24, 2.45) is 0 Å². The molecule has 330 valence electrons. The SMILES string of the molecule is CC(C)(C)OC(=O)N1CCCC1c1nc2cc(-c3ccc(-c4cc5nc(C6CCCN6C(=O)O)n(COCC[Si](C)(C)C)c5cc4F)o3)c(F)cc2n1COCC[Si](C)(C)C. The van der Waals surface area contributed by atoms with Gasteiger partial charge in [-0.3, -0.25) is 9.80 Å². The number of imidazole rings is 2. The lowest BCUT2D eigenvalue weighted by Crippen LogP contribution is -2.37. The molecule has 0 aliphatic carbocycles. The van der Waals surface area contributed by atoms with Crippen molar-refractivity contribution in [1.82, 2.24) is 28.9 Å². The van der Waals surface area contributed by atoms with E-state index < -0.39 is 57.7 Å². The minimum Gasteiger partial charge on any atom is -0.465 e. The third-order valence-electron chi connectivity index (χ3n) is 11.3. The van der Waals surface area contributed by atoms with Gasteiger partial charge in [0.05, 0.1) is 45.3 Å². The first-order valence-corrected chi connectivity index (χ1v) is 28.7. The third kappa shape index (κ3) is 10.1. The van der Waals surface area contributed by atoms with E-state index in [1.165, 1.54) is 17.0 Å². The highest BCUT2D eigenvalue weighted by Gasteiger charge is 2.37. The Morgan fingerprint density at radius 2 is 1.20 bits per heavy atom. The van der Waals surface area contributed by atoms with Crippen molar-refractivity contribution in [1.29, 1.82) is 0 Å². The van der Waals surface area contributed by atoms with Crippen LogP contribution in [0.15, 0.2) is 40.8 Å². The molecule has 5 heterocycles. The van der Waals surface area contributed by atoms with Crippen molar-refractivity contribution in [3.05, 3.63) is 59.7 Å². The lowest BCUT2D eigenvalue weighted by Gasteiger charge is -2.28. The van der Waals surface area contributed by atoms with E-state index in [-0.39, 0.29) is 36.1 Å². The summed E-state index contributed by atoms with van der Waals surface area (Å²) in [6.07, 6.45) is 1.24. The molecule has 3 aromatic heterocycles. The normalized spacial score (nSPS) is 17.7. The van der Waals surface area contributed by atoms with Crippen LogP contribution in [0.4, 0.5) is 18.4 Å². The van der Waals surface area contributed by atoms with Crippen LogP contribution >= 0.6 is 0 Å². The summed E-state index contributed by atoms with van der Waals surface area (Å²) in [5.74, 6) is 0.295. The van der Waals surface area contributed by atoms with Gasteiger partial charge in [-0.2, -0.15) is 0 Å². The fourth-order valence-electron chi connectivity index (χ4n) is 8.02. The van der Waals surface area contributed by atoms with Crippen LogP contribution in [0.25, 0.3) is 44.7 Å². The molecule has 2 unspecified atom stereocenters. The van der Waals surface area contributed by atoms with Crippen LogP contribution in [-0.2, 0) is 27.7 Å². The van der Waals surface area contributed by atoms with Crippen LogP contribution in [-0.4, -0.2) is 94.2 Å². The summed E-state index contributed by atoms with van der Waals surface area (Å²) in [6, 6.07) is 10.2. The van der Waals surface area contributed by atoms with E-state index >= 15 is 8.78 Å². The fraction of sp³-hybridized carbons (Fsp3) is 0.545. The van der Waals surface area contributed by atoms with Gasteiger partial charge in [-0.15, -0.1) is 0 Å². The second kappa shape index (κ2) is 17.3. The van der Waals surface area contributed by atoms with E-state index in [4.69, 9.17) is 28.6 Å². The average molecular weight is 879 g/mol. The zero-order chi connectivity index (χ0) is 44.0. The Kier molecular flexibility index (Phi) is 12.6. The van der Waals surface area contributed by atoms with Gasteiger partial charge in [-0.25, -0.2) is 28.3 Å². The van der Waals surface area contributed by atoms with Gasteiger partial charge in [0, 0.05) is 54.6 Å². The van der Waals surface area contributed by atoms with Crippen molar-refractivity contribution in [2.75, 3.05) is 26.3 Å². The Hall–Kier alpha value is -4.59. The maximum absolute atomic E-state index is 16.3. The number of amides is 2. The molecule has 61 heavy (non-hydrogen) atoms. The molecule has 2 aliphatic heterocycles. The van der Waals surface area contributed by atoms with Gasteiger partial charge in [0.1, 0.15) is 53.9 Å². The smallest absolute Gasteiger partial charge is 0.410 e. The molecule has 2 amide bonds. The topological polar surface area (TPSA) is 137 Å². The van der Waals surface area contributed by atoms with Gasteiger partial charge >= 0.3 is 12.2 Å². The number of hydrogen-bond donors (Lipinski definition) is 1. The molecule has 2 atom stereocenters. The maximum atomic E-state index is 16.3. The molecule has 0 spiro atoms. The molecule has 1 N–H and O–H groups in total. The van der Waals surface area contributed by atoms with Crippen LogP contribution in [0, 0.1) is 11.6 Å². The number of fused-ring (bicyclic) bond motifs is 2. The molecule has 0 radical (unpaired) electrons. The molecular formula is C44H60F2N6O7Si2. The number of nitrogens with zero attached hydrogens (tertiary/aromatic N) is 6. The van der Waals surface area contributed by atoms with Crippen molar-refractivity contribution in [2.45, 2.75) is 129 Å². The van der Waals surface area contributed by atoms with Gasteiger partial charge in [0.25, 0.3) is 0 Å². The predicted octanol–water partition coefficient (Wildman–Crippen LogP) is 11.1. The van der Waals surface area contributed by atoms with Crippen LogP contribution in [0.2, 0.25) is 51.4 Å². The summed E-state index contributed by atoms with van der Waals surface area (Å²) in [4.78, 5) is 38.5. The summed E-state index contributed by atoms with van der Waals surface area (Å²) in [5, 5.41) is 9.96. The monoisotopic (exact) mass is 878 g/mol. The highest BCUT2D eigenvalue weighted by molar-refractivity contribution is 6.76. The highest BCUT2D eigenvalue weighted by atomic mass is 28.3. The Labute approximate surface area is 358 Å². The third-order valence-corrected chi connectivity index (χ3v) is 14.7. The Morgan fingerprint density at radius 1 is 0.754 bits per heavy atom. The molecule has 2 fully saturated rings. The predicted molar refractivity (Wildman–Crippen MR) is 236 cm³/mol. The van der Waals surface area contributed by atoms with E-state index in [0.717, 1.165) is 18.5 Å². The number of carboxylic acid groups (broad SMARTS) is 1. The van der Waals surface area contributed by atoms with E-state index in [1.54, 1.807) is 33.7 Å². The highest BCUT2D eigenvalue weighted by Crippen LogP contribution is 2.40. The summed E-state index contributed by atoms with van der Waals surface area (Å²) in [7, 11) is -2.76. The largest absolute Gasteiger partial charge is 0.465 e. The molecule has 7 rings (SSSR count). The first-order chi connectivity index (χ1) is 28.7. The number of hydrogen-bond acceptors (Lipinski definition) is 8. The van der Waals surface area contributed by atoms with Gasteiger partial charge in [0.15, 0.2) is 0 Å². The number of benzene rings is 2. The van der Waals surface area contributed by atoms with Crippen molar-refractivity contribution in [3.63, 3.8) is 0 Å². The molecule has 5 aromatic rings. The Bertz CT molecular complexity index is 2410. The summed E-state index contributed by atoms with van der Waals surface area (Å²) in [6.45, 7) is 21.3. The first kappa shape index (κ1) is 44.5. The standard InChI is InChI=1S/C44H60F2N6O7Si2/c1-44(2,3)59-43(55)50-17-11-13-35(50)41-48-33-23-29(31(46)25-37(33)52(41)27-57-19-21-61(7,8)9)39-15-14-38(58-39)28-22-32-36(24-30(28)45)51(26-56-18-20-60(4,5)6)40(47-32)34-12-10-16-49(34)42(53)54/h14-15,22-25,34-35H,10-13,16-21,26-27H2,1-9H3,(H,53,54). The lowest BCUT2D eigenvalue weighted by molar-refractivity contribution is 0.0205. The Morgan fingerprint density at radius 3 is 1.62 bits per heavy atom. The number of halogens is 2. The molecular weight excluding hydrogens is 819 g/mol. The van der Waals surface area contributed by atoms with Crippen LogP contribution < -0.4 is 0 Å². The molecule has 0 saturated carbocycles. The number of carbonyl (C=O) groups is 2.